The molecule has 1 atom stereocenters. The third-order valence-corrected chi connectivity index (χ3v) is 4.47. The summed E-state index contributed by atoms with van der Waals surface area (Å²) < 4.78 is 0. The monoisotopic (exact) mass is 436 g/mol. The van der Waals surface area contributed by atoms with Crippen molar-refractivity contribution >= 4 is 12.3 Å². The van der Waals surface area contributed by atoms with Gasteiger partial charge in [-0.25, -0.2) is 0 Å². The smallest absolute Gasteiger partial charge is 0.480 e. The molecule has 6 nitrogen and oxygen atoms in total. The van der Waals surface area contributed by atoms with Crippen molar-refractivity contribution < 1.29 is 16.1 Å². The number of carbonyl (C=O) groups excluding carboxylic acids is 1. The summed E-state index contributed by atoms with van der Waals surface area (Å²) in [6.07, 6.45) is 2.98. The molecule has 0 unspecified atom stereocenters. The number of aliphatic carboxylic acids is 1. The van der Waals surface area contributed by atoms with Crippen LogP contribution in [0.15, 0.2) is 84.9 Å². The first-order valence-corrected chi connectivity index (χ1v) is 10.5. The van der Waals surface area contributed by atoms with E-state index in [1.54, 1.807) is 0 Å². The number of carboxylic acids is 1. The molecular weight excluding hydrogens is 402 g/mol. The second kappa shape index (κ2) is 16.4. The van der Waals surface area contributed by atoms with Crippen LogP contribution in [0.5, 0.6) is 0 Å². The first kappa shape index (κ1) is 26.7. The Bertz CT molecular complexity index is 892. The van der Waals surface area contributed by atoms with Gasteiger partial charge in [-0.1, -0.05) is 84.9 Å². The van der Waals surface area contributed by atoms with Crippen LogP contribution in [0.4, 0.5) is 0 Å². The van der Waals surface area contributed by atoms with Gasteiger partial charge in [-0.3, -0.25) is 9.59 Å². The van der Waals surface area contributed by atoms with Crippen LogP contribution in [0.2, 0.25) is 0 Å². The van der Waals surface area contributed by atoms with Crippen molar-refractivity contribution in [2.75, 3.05) is 13.1 Å². The van der Waals surface area contributed by atoms with Crippen molar-refractivity contribution in [3.63, 3.8) is 0 Å². The van der Waals surface area contributed by atoms with E-state index in [2.05, 4.69) is 24.3 Å². The van der Waals surface area contributed by atoms with Crippen LogP contribution < -0.4 is 17.2 Å². The van der Waals surface area contributed by atoms with Crippen LogP contribution in [0.25, 0.3) is 11.1 Å². The van der Waals surface area contributed by atoms with E-state index in [0.717, 1.165) is 24.8 Å². The third-order valence-electron chi connectivity index (χ3n) is 4.47. The van der Waals surface area contributed by atoms with Crippen molar-refractivity contribution in [3.8, 4) is 11.1 Å². The summed E-state index contributed by atoms with van der Waals surface area (Å²) in [7, 11) is 0. The summed E-state index contributed by atoms with van der Waals surface area (Å²) in [6.45, 7) is 1.24. The largest absolute Gasteiger partial charge is 1.00 e. The zero-order chi connectivity index (χ0) is 23.6. The second-order valence-corrected chi connectivity index (χ2v) is 7.01. The van der Waals surface area contributed by atoms with Gasteiger partial charge in [0.05, 0.1) is 0 Å². The van der Waals surface area contributed by atoms with Crippen LogP contribution in [0.3, 0.4) is 0 Å². The summed E-state index contributed by atoms with van der Waals surface area (Å²) in [6, 6.07) is 27.2. The number of hydrogen-bond donors (Lipinski definition) is 4. The molecule has 3 rings (SSSR count). The lowest BCUT2D eigenvalue weighted by molar-refractivity contribution is -0.138. The van der Waals surface area contributed by atoms with Crippen molar-refractivity contribution in [1.82, 2.24) is 0 Å². The van der Waals surface area contributed by atoms with E-state index >= 15 is 0 Å². The summed E-state index contributed by atoms with van der Waals surface area (Å²) >= 11 is 0. The molecule has 0 bridgehead atoms. The molecule has 0 fully saturated rings. The van der Waals surface area contributed by atoms with Crippen LogP contribution >= 0.6 is 0 Å². The molecule has 0 amide bonds. The Morgan fingerprint density at radius 1 is 0.844 bits per heavy atom. The van der Waals surface area contributed by atoms with Gasteiger partial charge >= 0.3 is 7.40 Å². The maximum absolute atomic E-state index is 10.5. The van der Waals surface area contributed by atoms with E-state index in [1.807, 2.05) is 60.7 Å². The molecule has 0 aliphatic carbocycles. The highest BCUT2D eigenvalue weighted by molar-refractivity contribution is 5.76. The lowest BCUT2D eigenvalue weighted by atomic mass is 10.0. The van der Waals surface area contributed by atoms with Crippen LogP contribution in [0.1, 0.15) is 30.2 Å². The van der Waals surface area contributed by atoms with E-state index in [1.165, 1.54) is 11.1 Å². The highest BCUT2D eigenvalue weighted by atomic mass is 16.4. The van der Waals surface area contributed by atoms with Crippen LogP contribution in [-0.4, -0.2) is 36.5 Å². The fourth-order valence-electron chi connectivity index (χ4n) is 2.66. The predicted molar refractivity (Wildman–Crippen MR) is 131 cm³/mol. The number of benzene rings is 3. The number of hydrogen-bond acceptors (Lipinski definition) is 5. The molecule has 0 saturated carbocycles. The fourth-order valence-corrected chi connectivity index (χ4v) is 2.66. The number of nitrogens with two attached hydrogens (primary N) is 3. The van der Waals surface area contributed by atoms with Gasteiger partial charge in [0.1, 0.15) is 12.3 Å². The molecule has 0 spiro atoms. The molecular formula is C26H34N3O3+. The molecule has 0 aliphatic heterocycles. The zero-order valence-electron chi connectivity index (χ0n) is 19.3. The van der Waals surface area contributed by atoms with Crippen LogP contribution in [-0.2, 0) is 11.2 Å². The van der Waals surface area contributed by atoms with Gasteiger partial charge in [0, 0.05) is 5.56 Å². The summed E-state index contributed by atoms with van der Waals surface area (Å²) in [4.78, 5) is 20.5. The minimum absolute atomic E-state index is 0. The van der Waals surface area contributed by atoms with Gasteiger partial charge in [-0.05, 0) is 49.0 Å². The number of carboxylic acid groups (broad SMARTS) is 1. The van der Waals surface area contributed by atoms with Gasteiger partial charge in [0.2, 0.25) is 0 Å². The second-order valence-electron chi connectivity index (χ2n) is 7.01. The van der Waals surface area contributed by atoms with Gasteiger partial charge in [-0.15, -0.1) is 0 Å². The normalized spacial score (nSPS) is 10.6. The first-order chi connectivity index (χ1) is 15.5. The predicted octanol–water partition coefficient (Wildman–Crippen LogP) is 3.60. The Labute approximate surface area is 191 Å². The first-order valence-electron chi connectivity index (χ1n) is 10.5. The molecule has 0 saturated heterocycles. The molecule has 7 N–H and O–H groups in total. The van der Waals surface area contributed by atoms with E-state index in [4.69, 9.17) is 22.3 Å². The van der Waals surface area contributed by atoms with Gasteiger partial charge in [0.15, 0.2) is 0 Å². The van der Waals surface area contributed by atoms with E-state index in [0.29, 0.717) is 24.9 Å². The maximum atomic E-state index is 10.5. The molecule has 32 heavy (non-hydrogen) atoms. The molecule has 0 aliphatic rings. The SMILES string of the molecule is NCCC[C@H](N)C(=O)O.NCCc1ccccc1.O=Cc1ccc(-c2ccccc2)cc1.[H+]. The standard InChI is InChI=1S/C13H10O.C8H11N.C5H12N2O2/c14-10-11-6-8-13(9-7-11)12-4-2-1-3-5-12;9-7-6-8-4-2-1-3-5-8;6-3-1-2-4(7)5(8)9/h1-10H;1-5H,6-7,9H2;4H,1-3,6-7H2,(H,8,9)/p+1/t;;4-/m..0/s1. The quantitative estimate of drug-likeness (QED) is 0.399. The molecule has 0 aromatic heterocycles. The van der Waals surface area contributed by atoms with E-state index in [9.17, 15) is 9.59 Å². The lowest BCUT2D eigenvalue weighted by Gasteiger charge is -2.02. The molecule has 170 valence electrons. The van der Waals surface area contributed by atoms with Crippen molar-refractivity contribution in [2.24, 2.45) is 17.2 Å². The average molecular weight is 437 g/mol. The third kappa shape index (κ3) is 11.2. The minimum atomic E-state index is -0.955. The Morgan fingerprint density at radius 3 is 1.84 bits per heavy atom. The summed E-state index contributed by atoms with van der Waals surface area (Å²) in [5.41, 5.74) is 20.0. The van der Waals surface area contributed by atoms with Crippen molar-refractivity contribution in [2.45, 2.75) is 25.3 Å². The fraction of sp³-hybridized carbons (Fsp3) is 0.231. The highest BCUT2D eigenvalue weighted by Crippen LogP contribution is 2.18. The molecule has 0 radical (unpaired) electrons. The Morgan fingerprint density at radius 2 is 1.38 bits per heavy atom. The van der Waals surface area contributed by atoms with Crippen molar-refractivity contribution in [1.29, 1.82) is 0 Å². The summed E-state index contributed by atoms with van der Waals surface area (Å²) in [5.74, 6) is -0.955. The molecule has 3 aromatic carbocycles. The number of rotatable bonds is 8. The van der Waals surface area contributed by atoms with E-state index in [-0.39, 0.29) is 1.43 Å². The topological polar surface area (TPSA) is 132 Å². The summed E-state index contributed by atoms with van der Waals surface area (Å²) in [5, 5.41) is 8.24. The molecule has 0 heterocycles. The highest BCUT2D eigenvalue weighted by Gasteiger charge is 2.08. The Hall–Kier alpha value is -3.32. The lowest BCUT2D eigenvalue weighted by Crippen LogP contribution is -2.30. The maximum Gasteiger partial charge on any atom is 1.00 e. The van der Waals surface area contributed by atoms with Crippen molar-refractivity contribution in [3.05, 3.63) is 96.1 Å². The minimum Gasteiger partial charge on any atom is -0.480 e. The van der Waals surface area contributed by atoms with Crippen LogP contribution in [0, 0.1) is 0 Å². The van der Waals surface area contributed by atoms with E-state index < -0.39 is 12.0 Å². The molecule has 3 aromatic rings. The molecule has 6 heteroatoms. The van der Waals surface area contributed by atoms with Gasteiger partial charge in [0.25, 0.3) is 0 Å². The Kier molecular flexibility index (Phi) is 13.7. The van der Waals surface area contributed by atoms with Gasteiger partial charge < -0.3 is 22.3 Å². The average Bonchev–Trinajstić information content (AvgIpc) is 2.85. The zero-order valence-corrected chi connectivity index (χ0v) is 18.3. The number of carbonyl (C=O) groups is 2. The van der Waals surface area contributed by atoms with Gasteiger partial charge in [-0.2, -0.15) is 0 Å². The Balaban J connectivity index is 0.000000479. The number of aldehydes is 1.